The molecule has 4 fully saturated rings. The largest absolute Gasteiger partial charge is 0.497 e. The Balaban J connectivity index is 1.12. The smallest absolute Gasteiger partial charge is 0.306 e. The third-order valence-electron chi connectivity index (χ3n) is 13.3. The third-order valence-corrected chi connectivity index (χ3v) is 16.2. The van der Waals surface area contributed by atoms with Crippen molar-refractivity contribution in [2.75, 3.05) is 13.7 Å². The second-order valence-corrected chi connectivity index (χ2v) is 20.0. The van der Waals surface area contributed by atoms with E-state index in [0.29, 0.717) is 35.6 Å². The molecule has 312 valence electrons. The quantitative estimate of drug-likeness (QED) is 0.123. The van der Waals surface area contributed by atoms with E-state index in [1.807, 2.05) is 84.9 Å². The maximum absolute atomic E-state index is 14.9. The molecular weight excluding hydrogens is 764 g/mol. The Morgan fingerprint density at radius 3 is 2.31 bits per heavy atom. The van der Waals surface area contributed by atoms with Crippen LogP contribution in [0.1, 0.15) is 102 Å². The minimum Gasteiger partial charge on any atom is -0.497 e. The standard InChI is InChI=1S/C48H57N2O8P/c1-56-38-23-24-40-42(26-38)49-41(34-17-10-6-11-18-34)28-45(40)57-39-27-43-44(51)30-48(59(54,55)32-33-15-7-5-8-16-33)29-36(48)20-12-4-2-3-9-19-35(47(53)50(43)31-39)25-46(52)58-37-21-13-14-22-37/h5-8,10-11,15-18,23-24,26,28,35-37,39,43H,2-4,9,12-14,19-22,25,27,29-32H2,1H3,(H,54,55)/t35?,36-,39+,43-,48+/m0/s1. The van der Waals surface area contributed by atoms with Crippen molar-refractivity contribution in [3.8, 4) is 22.8 Å². The van der Waals surface area contributed by atoms with Gasteiger partial charge >= 0.3 is 5.97 Å². The zero-order chi connectivity index (χ0) is 41.0. The van der Waals surface area contributed by atoms with Gasteiger partial charge in [-0.25, -0.2) is 4.98 Å². The number of aromatic nitrogens is 1. The Bertz CT molecular complexity index is 2180. The molecule has 10 nitrogen and oxygen atoms in total. The van der Waals surface area contributed by atoms with Crippen molar-refractivity contribution in [3.05, 3.63) is 90.5 Å². The van der Waals surface area contributed by atoms with Crippen LogP contribution >= 0.6 is 7.37 Å². The third kappa shape index (κ3) is 9.29. The number of carbonyl (C=O) groups excluding carboxylic acids is 3. The van der Waals surface area contributed by atoms with Gasteiger partial charge in [-0.1, -0.05) is 92.8 Å². The van der Waals surface area contributed by atoms with E-state index in [0.717, 1.165) is 80.7 Å². The topological polar surface area (TPSA) is 132 Å². The highest BCUT2D eigenvalue weighted by atomic mass is 31.2. The lowest BCUT2D eigenvalue weighted by molar-refractivity contribution is -0.154. The van der Waals surface area contributed by atoms with Gasteiger partial charge in [0.05, 0.1) is 48.6 Å². The molecule has 4 aromatic rings. The molecule has 3 aromatic carbocycles. The molecule has 3 heterocycles. The van der Waals surface area contributed by atoms with Crippen molar-refractivity contribution in [1.82, 2.24) is 9.88 Å². The second kappa shape index (κ2) is 18.0. The van der Waals surface area contributed by atoms with Gasteiger partial charge in [-0.2, -0.15) is 0 Å². The number of esters is 1. The van der Waals surface area contributed by atoms with Crippen molar-refractivity contribution in [3.63, 3.8) is 0 Å². The van der Waals surface area contributed by atoms with Crippen LogP contribution in [0.5, 0.6) is 11.5 Å². The molecule has 0 bridgehead atoms. The fraction of sp³-hybridized carbons (Fsp3) is 0.500. The van der Waals surface area contributed by atoms with Crippen LogP contribution in [-0.4, -0.2) is 69.5 Å². The van der Waals surface area contributed by atoms with E-state index in [1.165, 1.54) is 0 Å². The number of hydrogen-bond donors (Lipinski definition) is 1. The van der Waals surface area contributed by atoms with Crippen LogP contribution in [0.25, 0.3) is 22.2 Å². The summed E-state index contributed by atoms with van der Waals surface area (Å²) < 4.78 is 32.8. The van der Waals surface area contributed by atoms with Crippen LogP contribution < -0.4 is 9.47 Å². The van der Waals surface area contributed by atoms with Crippen molar-refractivity contribution < 1.29 is 38.1 Å². The molecule has 8 rings (SSSR count). The van der Waals surface area contributed by atoms with Crippen LogP contribution in [0.4, 0.5) is 0 Å². The summed E-state index contributed by atoms with van der Waals surface area (Å²) >= 11 is 0. The fourth-order valence-corrected chi connectivity index (χ4v) is 12.6. The summed E-state index contributed by atoms with van der Waals surface area (Å²) in [6.45, 7) is 0.140. The molecule has 2 aliphatic heterocycles. The van der Waals surface area contributed by atoms with Crippen molar-refractivity contribution in [2.45, 2.75) is 126 Å². The van der Waals surface area contributed by atoms with E-state index < -0.39 is 30.6 Å². The molecule has 2 saturated heterocycles. The summed E-state index contributed by atoms with van der Waals surface area (Å²) in [4.78, 5) is 61.7. The number of ether oxygens (including phenoxy) is 3. The Labute approximate surface area is 347 Å². The molecule has 2 unspecified atom stereocenters. The van der Waals surface area contributed by atoms with Crippen molar-refractivity contribution in [1.29, 1.82) is 0 Å². The van der Waals surface area contributed by atoms with Gasteiger partial charge in [0.2, 0.25) is 13.3 Å². The monoisotopic (exact) mass is 820 g/mol. The number of carbonyl (C=O) groups is 3. The first kappa shape index (κ1) is 41.2. The molecule has 1 N–H and O–H groups in total. The number of rotatable bonds is 10. The average Bonchev–Trinajstić information content (AvgIpc) is 3.49. The zero-order valence-electron chi connectivity index (χ0n) is 34.1. The summed E-state index contributed by atoms with van der Waals surface area (Å²) in [6, 6.07) is 25.8. The predicted molar refractivity (Wildman–Crippen MR) is 227 cm³/mol. The predicted octanol–water partition coefficient (Wildman–Crippen LogP) is 9.68. The Kier molecular flexibility index (Phi) is 12.6. The van der Waals surface area contributed by atoms with Gasteiger partial charge in [0, 0.05) is 41.8 Å². The van der Waals surface area contributed by atoms with E-state index in [1.54, 1.807) is 12.0 Å². The van der Waals surface area contributed by atoms with E-state index in [9.17, 15) is 23.8 Å². The molecule has 2 aliphatic carbocycles. The first-order valence-corrected chi connectivity index (χ1v) is 23.6. The number of ketones is 1. The van der Waals surface area contributed by atoms with Crippen LogP contribution in [0.15, 0.2) is 84.9 Å². The van der Waals surface area contributed by atoms with Crippen LogP contribution in [0.2, 0.25) is 0 Å². The maximum atomic E-state index is 14.9. The maximum Gasteiger partial charge on any atom is 0.306 e. The molecule has 2 saturated carbocycles. The highest BCUT2D eigenvalue weighted by Gasteiger charge is 2.65. The zero-order valence-corrected chi connectivity index (χ0v) is 35.0. The minimum absolute atomic E-state index is 0.00545. The highest BCUT2D eigenvalue weighted by molar-refractivity contribution is 7.59. The van der Waals surface area contributed by atoms with Crippen LogP contribution in [0.3, 0.4) is 0 Å². The van der Waals surface area contributed by atoms with Gasteiger partial charge in [0.1, 0.15) is 23.7 Å². The van der Waals surface area contributed by atoms with Gasteiger partial charge in [-0.15, -0.1) is 0 Å². The van der Waals surface area contributed by atoms with Crippen molar-refractivity contribution in [2.24, 2.45) is 11.8 Å². The molecule has 1 aromatic heterocycles. The average molecular weight is 821 g/mol. The first-order valence-electron chi connectivity index (χ1n) is 21.7. The summed E-state index contributed by atoms with van der Waals surface area (Å²) in [7, 11) is -2.26. The van der Waals surface area contributed by atoms with Gasteiger partial charge in [0.15, 0.2) is 5.78 Å². The normalized spacial score (nSPS) is 26.6. The summed E-state index contributed by atoms with van der Waals surface area (Å²) in [5.74, 6) is -0.289. The summed E-state index contributed by atoms with van der Waals surface area (Å²) in [6.07, 6.45) is 9.60. The molecule has 6 atom stereocenters. The number of methoxy groups -OCH3 is 1. The van der Waals surface area contributed by atoms with E-state index in [2.05, 4.69) is 0 Å². The number of nitrogens with zero attached hydrogens (tertiary/aromatic N) is 2. The molecular formula is C48H57N2O8P. The molecule has 11 heteroatoms. The van der Waals surface area contributed by atoms with E-state index >= 15 is 0 Å². The number of Topliss-reactive ketones (excluding diaryl/α,β-unsaturated/α-hetero) is 1. The number of benzene rings is 3. The van der Waals surface area contributed by atoms with Gasteiger partial charge in [-0.05, 0) is 68.6 Å². The number of hydrogen-bond acceptors (Lipinski definition) is 8. The number of pyridine rings is 1. The van der Waals surface area contributed by atoms with Crippen molar-refractivity contribution >= 4 is 35.9 Å². The Morgan fingerprint density at radius 1 is 0.864 bits per heavy atom. The molecule has 0 spiro atoms. The Hall–Kier alpha value is -4.53. The lowest BCUT2D eigenvalue weighted by atomic mass is 9.94. The lowest BCUT2D eigenvalue weighted by Crippen LogP contribution is -2.45. The first-order chi connectivity index (χ1) is 28.6. The summed E-state index contributed by atoms with van der Waals surface area (Å²) in [5.41, 5.74) is 3.07. The van der Waals surface area contributed by atoms with Crippen LogP contribution in [-0.2, 0) is 29.8 Å². The molecule has 4 aliphatic rings. The number of fused-ring (bicyclic) bond motifs is 3. The highest BCUT2D eigenvalue weighted by Crippen LogP contribution is 2.75. The molecule has 0 radical (unpaired) electrons. The lowest BCUT2D eigenvalue weighted by Gasteiger charge is -2.30. The number of amides is 1. The minimum atomic E-state index is -3.87. The van der Waals surface area contributed by atoms with Crippen LogP contribution in [0, 0.1) is 11.8 Å². The van der Waals surface area contributed by atoms with E-state index in [4.69, 9.17) is 19.2 Å². The fourth-order valence-electron chi connectivity index (χ4n) is 9.98. The molecule has 1 amide bonds. The second-order valence-electron chi connectivity index (χ2n) is 17.4. The molecule has 59 heavy (non-hydrogen) atoms. The van der Waals surface area contributed by atoms with Gasteiger partial charge in [-0.3, -0.25) is 18.9 Å². The summed E-state index contributed by atoms with van der Waals surface area (Å²) in [5, 5.41) is -0.273. The van der Waals surface area contributed by atoms with Gasteiger partial charge < -0.3 is 24.0 Å². The van der Waals surface area contributed by atoms with E-state index in [-0.39, 0.29) is 61.7 Å². The van der Waals surface area contributed by atoms with Gasteiger partial charge in [0.25, 0.3) is 0 Å². The SMILES string of the molecule is COc1ccc2c(O[C@@H]3C[C@H]4C(=O)C[C@]5(P(=O)(O)Cc6ccccc6)C[C@@H]5CCCCCCCC(CC(=O)OC5CCCC5)C(=O)N4C3)cc(-c3ccccc3)nc2c1. The Morgan fingerprint density at radius 2 is 1.56 bits per heavy atom.